The third kappa shape index (κ3) is 5.81. The summed E-state index contributed by atoms with van der Waals surface area (Å²) >= 11 is 0. The van der Waals surface area contributed by atoms with Gasteiger partial charge in [-0.1, -0.05) is 29.8 Å². The molecule has 0 atom stereocenters. The summed E-state index contributed by atoms with van der Waals surface area (Å²) in [4.78, 5) is 29.2. The van der Waals surface area contributed by atoms with Crippen molar-refractivity contribution in [3.05, 3.63) is 41.5 Å². The highest BCUT2D eigenvalue weighted by molar-refractivity contribution is 5.88. The van der Waals surface area contributed by atoms with E-state index in [0.717, 1.165) is 50.4 Å². The van der Waals surface area contributed by atoms with Crippen molar-refractivity contribution < 1.29 is 9.59 Å². The van der Waals surface area contributed by atoms with E-state index in [9.17, 15) is 9.59 Å². The normalized spacial score (nSPS) is 18.6. The molecule has 0 bridgehead atoms. The molecule has 2 N–H and O–H groups in total. The molecule has 2 heterocycles. The molecule has 0 unspecified atom stereocenters. The summed E-state index contributed by atoms with van der Waals surface area (Å²) < 4.78 is 0. The molecule has 7 nitrogen and oxygen atoms in total. The lowest BCUT2D eigenvalue weighted by Gasteiger charge is -2.32. The molecule has 3 rings (SSSR count). The van der Waals surface area contributed by atoms with Crippen LogP contribution in [0.15, 0.2) is 30.3 Å². The van der Waals surface area contributed by atoms with E-state index < -0.39 is 0 Å². The Kier molecular flexibility index (Phi) is 7.06. The molecule has 2 aliphatic heterocycles. The van der Waals surface area contributed by atoms with Crippen molar-refractivity contribution in [3.8, 4) is 0 Å². The third-order valence-electron chi connectivity index (χ3n) is 5.27. The maximum absolute atomic E-state index is 12.3. The van der Waals surface area contributed by atoms with Crippen LogP contribution in [0.3, 0.4) is 0 Å². The molecule has 28 heavy (non-hydrogen) atoms. The number of benzene rings is 1. The zero-order chi connectivity index (χ0) is 19.9. The SMILES string of the molecule is Cc1ccc(C2=CCC(=O)N(CC(=O)NCCCN3CCN(C)CC3)N2)cc1. The highest BCUT2D eigenvalue weighted by Crippen LogP contribution is 2.17. The Labute approximate surface area is 167 Å². The molecular formula is C21H31N5O2. The first kappa shape index (κ1) is 20.4. The molecule has 1 aromatic rings. The molecule has 0 aliphatic carbocycles. The lowest BCUT2D eigenvalue weighted by Crippen LogP contribution is -2.49. The number of hydrogen-bond donors (Lipinski definition) is 2. The number of hydrogen-bond acceptors (Lipinski definition) is 5. The first-order valence-corrected chi connectivity index (χ1v) is 10.0. The summed E-state index contributed by atoms with van der Waals surface area (Å²) in [5.74, 6) is -0.229. The van der Waals surface area contributed by atoms with Gasteiger partial charge < -0.3 is 15.1 Å². The Balaban J connectivity index is 1.40. The van der Waals surface area contributed by atoms with Crippen molar-refractivity contribution in [2.24, 2.45) is 0 Å². The molecule has 0 radical (unpaired) electrons. The predicted molar refractivity (Wildman–Crippen MR) is 110 cm³/mol. The van der Waals surface area contributed by atoms with Crippen LogP contribution in [0.1, 0.15) is 24.0 Å². The van der Waals surface area contributed by atoms with Crippen molar-refractivity contribution in [1.29, 1.82) is 0 Å². The highest BCUT2D eigenvalue weighted by Gasteiger charge is 2.22. The second-order valence-electron chi connectivity index (χ2n) is 7.63. The number of carbonyl (C=O) groups is 2. The van der Waals surface area contributed by atoms with Gasteiger partial charge in [-0.05, 0) is 38.6 Å². The number of likely N-dealkylation sites (N-methyl/N-ethyl adjacent to an activating group) is 1. The number of amides is 2. The quantitative estimate of drug-likeness (QED) is 0.681. The summed E-state index contributed by atoms with van der Waals surface area (Å²) in [6, 6.07) is 8.10. The van der Waals surface area contributed by atoms with Crippen molar-refractivity contribution in [3.63, 3.8) is 0 Å². The molecule has 1 aromatic carbocycles. The fourth-order valence-electron chi connectivity index (χ4n) is 3.40. The van der Waals surface area contributed by atoms with E-state index in [1.54, 1.807) is 0 Å². The van der Waals surface area contributed by atoms with Gasteiger partial charge in [0.05, 0.1) is 5.70 Å². The van der Waals surface area contributed by atoms with Crippen molar-refractivity contribution >= 4 is 17.5 Å². The number of aryl methyl sites for hydroxylation is 1. The standard InChI is InChI=1S/C21H31N5O2/c1-17-4-6-18(7-5-17)19-8-9-21(28)26(23-19)16-20(27)22-10-3-11-25-14-12-24(2)13-15-25/h4-8,23H,3,9-16H2,1-2H3,(H,22,27). The van der Waals surface area contributed by atoms with Crippen molar-refractivity contribution in [2.75, 3.05) is 52.9 Å². The fourth-order valence-corrected chi connectivity index (χ4v) is 3.40. The number of carbonyl (C=O) groups excluding carboxylic acids is 2. The largest absolute Gasteiger partial charge is 0.354 e. The van der Waals surface area contributed by atoms with Crippen LogP contribution in [0.5, 0.6) is 0 Å². The summed E-state index contributed by atoms with van der Waals surface area (Å²) in [6.45, 7) is 8.07. The predicted octanol–water partition coefficient (Wildman–Crippen LogP) is 0.827. The van der Waals surface area contributed by atoms with E-state index >= 15 is 0 Å². The molecular weight excluding hydrogens is 354 g/mol. The van der Waals surface area contributed by atoms with Crippen molar-refractivity contribution in [1.82, 2.24) is 25.6 Å². The average molecular weight is 386 g/mol. The van der Waals surface area contributed by atoms with Crippen LogP contribution in [0.2, 0.25) is 0 Å². The maximum atomic E-state index is 12.3. The molecule has 1 saturated heterocycles. The van der Waals surface area contributed by atoms with Crippen LogP contribution in [0.4, 0.5) is 0 Å². The lowest BCUT2D eigenvalue weighted by molar-refractivity contribution is -0.137. The maximum Gasteiger partial charge on any atom is 0.245 e. The Morgan fingerprint density at radius 1 is 1.14 bits per heavy atom. The van der Waals surface area contributed by atoms with Gasteiger partial charge in [-0.3, -0.25) is 15.0 Å². The van der Waals surface area contributed by atoms with Gasteiger partial charge in [0.1, 0.15) is 6.54 Å². The lowest BCUT2D eigenvalue weighted by atomic mass is 10.1. The first-order chi connectivity index (χ1) is 13.5. The molecule has 7 heteroatoms. The smallest absolute Gasteiger partial charge is 0.245 e. The Morgan fingerprint density at radius 2 is 1.86 bits per heavy atom. The van der Waals surface area contributed by atoms with Crippen LogP contribution in [-0.4, -0.2) is 79.5 Å². The number of nitrogens with one attached hydrogen (secondary N) is 2. The molecule has 152 valence electrons. The Bertz CT molecular complexity index is 708. The second-order valence-corrected chi connectivity index (χ2v) is 7.63. The van der Waals surface area contributed by atoms with Crippen LogP contribution in [0.25, 0.3) is 5.70 Å². The highest BCUT2D eigenvalue weighted by atomic mass is 16.2. The van der Waals surface area contributed by atoms with Crippen molar-refractivity contribution in [2.45, 2.75) is 19.8 Å². The minimum atomic E-state index is -0.135. The minimum absolute atomic E-state index is 0.0243. The van der Waals surface area contributed by atoms with Gasteiger partial charge in [-0.15, -0.1) is 0 Å². The monoisotopic (exact) mass is 385 g/mol. The van der Waals surface area contributed by atoms with E-state index in [-0.39, 0.29) is 18.4 Å². The van der Waals surface area contributed by atoms with Gasteiger partial charge in [-0.2, -0.15) is 0 Å². The van der Waals surface area contributed by atoms with Gasteiger partial charge >= 0.3 is 0 Å². The van der Waals surface area contributed by atoms with Crippen LogP contribution < -0.4 is 10.7 Å². The van der Waals surface area contributed by atoms with E-state index in [4.69, 9.17) is 0 Å². The van der Waals surface area contributed by atoms with Crippen LogP contribution >= 0.6 is 0 Å². The third-order valence-corrected chi connectivity index (χ3v) is 5.27. The van der Waals surface area contributed by atoms with E-state index in [1.807, 2.05) is 37.3 Å². The minimum Gasteiger partial charge on any atom is -0.354 e. The first-order valence-electron chi connectivity index (χ1n) is 10.0. The molecule has 0 saturated carbocycles. The molecule has 1 fully saturated rings. The van der Waals surface area contributed by atoms with Gasteiger partial charge in [0.2, 0.25) is 11.8 Å². The summed E-state index contributed by atoms with van der Waals surface area (Å²) in [5, 5.41) is 4.34. The topological polar surface area (TPSA) is 67.9 Å². The van der Waals surface area contributed by atoms with E-state index in [2.05, 4.69) is 27.6 Å². The van der Waals surface area contributed by atoms with Gasteiger partial charge in [0.15, 0.2) is 0 Å². The average Bonchev–Trinajstić information content (AvgIpc) is 2.69. The molecule has 0 spiro atoms. The molecule has 2 aliphatic rings. The Morgan fingerprint density at radius 3 is 2.57 bits per heavy atom. The van der Waals surface area contributed by atoms with Gasteiger partial charge in [0.25, 0.3) is 0 Å². The zero-order valence-corrected chi connectivity index (χ0v) is 16.9. The van der Waals surface area contributed by atoms with E-state index in [0.29, 0.717) is 13.0 Å². The van der Waals surface area contributed by atoms with Gasteiger partial charge in [0, 0.05) is 39.1 Å². The number of rotatable bonds is 7. The van der Waals surface area contributed by atoms with Crippen LogP contribution in [-0.2, 0) is 9.59 Å². The van der Waals surface area contributed by atoms with Gasteiger partial charge in [-0.25, -0.2) is 5.01 Å². The number of nitrogens with zero attached hydrogens (tertiary/aromatic N) is 3. The zero-order valence-electron chi connectivity index (χ0n) is 16.9. The number of hydrazine groups is 1. The molecule has 2 amide bonds. The second kappa shape index (κ2) is 9.71. The summed E-state index contributed by atoms with van der Waals surface area (Å²) in [7, 11) is 2.15. The van der Waals surface area contributed by atoms with Crippen LogP contribution in [0, 0.1) is 6.92 Å². The Hall–Kier alpha value is -2.38. The van der Waals surface area contributed by atoms with E-state index in [1.165, 1.54) is 10.6 Å². The fraction of sp³-hybridized carbons (Fsp3) is 0.524. The number of piperazine rings is 1. The summed E-state index contributed by atoms with van der Waals surface area (Å²) in [6.07, 6.45) is 3.09. The molecule has 0 aromatic heterocycles. The summed E-state index contributed by atoms with van der Waals surface area (Å²) in [5.41, 5.74) is 6.14.